The molecule has 3 aromatic carbocycles. The number of sulfone groups is 1. The zero-order valence-electron chi connectivity index (χ0n) is 26.7. The molecule has 0 unspecified atom stereocenters. The number of aliphatic hydroxyl groups excluding tert-OH is 1. The highest BCUT2D eigenvalue weighted by molar-refractivity contribution is 7.91. The van der Waals surface area contributed by atoms with Crippen molar-refractivity contribution in [3.05, 3.63) is 106 Å². The number of ether oxygens (including phenoxy) is 2. The van der Waals surface area contributed by atoms with Gasteiger partial charge in [0.2, 0.25) is 5.90 Å². The number of benzene rings is 3. The van der Waals surface area contributed by atoms with Gasteiger partial charge in [-0.25, -0.2) is 13.4 Å². The van der Waals surface area contributed by atoms with Crippen molar-refractivity contribution in [1.82, 2.24) is 5.32 Å². The molecule has 5 rings (SSSR count). The van der Waals surface area contributed by atoms with Crippen LogP contribution in [0.1, 0.15) is 67.7 Å². The van der Waals surface area contributed by atoms with E-state index in [0.29, 0.717) is 48.3 Å². The second-order valence-corrected chi connectivity index (χ2v) is 14.3. The van der Waals surface area contributed by atoms with Gasteiger partial charge in [-0.3, -0.25) is 4.79 Å². The van der Waals surface area contributed by atoms with Crippen LogP contribution in [0.4, 0.5) is 0 Å². The third-order valence-corrected chi connectivity index (χ3v) is 10.6. The molecule has 13 heteroatoms. The van der Waals surface area contributed by atoms with Crippen LogP contribution in [0.5, 0.6) is 5.75 Å². The maximum atomic E-state index is 14.6. The van der Waals surface area contributed by atoms with Crippen LogP contribution in [-0.2, 0) is 25.9 Å². The Balaban J connectivity index is 1.58. The summed E-state index contributed by atoms with van der Waals surface area (Å²) >= 11 is 0. The van der Waals surface area contributed by atoms with Crippen molar-refractivity contribution < 1.29 is 32.9 Å². The van der Waals surface area contributed by atoms with Crippen molar-refractivity contribution in [1.29, 1.82) is 0 Å². The van der Waals surface area contributed by atoms with E-state index in [2.05, 4.69) is 15.3 Å². The molecule has 1 amide bonds. The van der Waals surface area contributed by atoms with Gasteiger partial charge in [0, 0.05) is 36.5 Å². The van der Waals surface area contributed by atoms with Crippen LogP contribution in [0, 0.1) is 0 Å². The molecule has 1 aliphatic carbocycles. The summed E-state index contributed by atoms with van der Waals surface area (Å²) in [4.78, 5) is 22.5. The molecule has 0 radical (unpaired) electrons. The van der Waals surface area contributed by atoms with Crippen LogP contribution in [0.15, 0.2) is 93.9 Å². The molecule has 2 atom stereocenters. The second kappa shape index (κ2) is 15.7. The SMILES string of the molecule is [N-]=[N+]=NCc1ccccc1[C@H]1OC(c2ccc(OCCCO)cc2)=N[C@@]1(CCS(=O)(=O)c1ccccc1)C(=O)NCC1(O)CCCCC1. The lowest BCUT2D eigenvalue weighted by atomic mass is 9.82. The number of aliphatic hydroxyl groups is 2. The normalized spacial score (nSPS) is 20.2. The van der Waals surface area contributed by atoms with E-state index in [1.54, 1.807) is 66.7 Å². The Morgan fingerprint density at radius 3 is 2.46 bits per heavy atom. The first-order valence-corrected chi connectivity index (χ1v) is 17.8. The molecule has 0 spiro atoms. The van der Waals surface area contributed by atoms with Gasteiger partial charge in [-0.15, -0.1) is 0 Å². The molecule has 1 fully saturated rings. The summed E-state index contributed by atoms with van der Waals surface area (Å²) in [5.74, 6) is -0.293. The van der Waals surface area contributed by atoms with Gasteiger partial charge < -0.3 is 25.0 Å². The second-order valence-electron chi connectivity index (χ2n) is 12.2. The van der Waals surface area contributed by atoms with E-state index in [1.165, 1.54) is 12.1 Å². The van der Waals surface area contributed by atoms with E-state index in [9.17, 15) is 18.3 Å². The predicted octanol–water partition coefficient (Wildman–Crippen LogP) is 5.19. The maximum absolute atomic E-state index is 14.6. The Morgan fingerprint density at radius 1 is 1.04 bits per heavy atom. The van der Waals surface area contributed by atoms with E-state index < -0.39 is 38.7 Å². The van der Waals surface area contributed by atoms with Gasteiger partial charge >= 0.3 is 0 Å². The topological polar surface area (TPSA) is 183 Å². The first kappa shape index (κ1) is 34.9. The van der Waals surface area contributed by atoms with Crippen molar-refractivity contribution in [2.45, 2.75) is 73.6 Å². The first-order chi connectivity index (χ1) is 23.2. The number of carbonyl (C=O) groups excluding carboxylic acids is 1. The maximum Gasteiger partial charge on any atom is 0.252 e. The number of amides is 1. The van der Waals surface area contributed by atoms with Gasteiger partial charge in [-0.1, -0.05) is 66.8 Å². The van der Waals surface area contributed by atoms with Crippen molar-refractivity contribution >= 4 is 21.6 Å². The number of hydrogen-bond acceptors (Lipinski definition) is 9. The minimum Gasteiger partial charge on any atom is -0.494 e. The van der Waals surface area contributed by atoms with Crippen LogP contribution in [0.3, 0.4) is 0 Å². The Bertz CT molecular complexity index is 1740. The Labute approximate surface area is 280 Å². The van der Waals surface area contributed by atoms with E-state index >= 15 is 0 Å². The smallest absolute Gasteiger partial charge is 0.252 e. The van der Waals surface area contributed by atoms with Gasteiger partial charge in [0.1, 0.15) is 5.75 Å². The number of azide groups is 1. The number of hydrogen-bond donors (Lipinski definition) is 3. The molecule has 1 saturated carbocycles. The number of rotatable bonds is 15. The fourth-order valence-electron chi connectivity index (χ4n) is 6.21. The number of carbonyl (C=O) groups is 1. The molecule has 0 aromatic heterocycles. The summed E-state index contributed by atoms with van der Waals surface area (Å²) in [5, 5.41) is 27.0. The summed E-state index contributed by atoms with van der Waals surface area (Å²) in [6.45, 7) is 0.300. The van der Waals surface area contributed by atoms with Crippen LogP contribution >= 0.6 is 0 Å². The van der Waals surface area contributed by atoms with Crippen molar-refractivity contribution in [3.63, 3.8) is 0 Å². The highest BCUT2D eigenvalue weighted by atomic mass is 32.2. The molecule has 3 aromatic rings. The zero-order chi connectivity index (χ0) is 34.0. The van der Waals surface area contributed by atoms with Crippen molar-refractivity contribution in [2.75, 3.05) is 25.5 Å². The van der Waals surface area contributed by atoms with Crippen molar-refractivity contribution in [2.24, 2.45) is 10.1 Å². The minimum atomic E-state index is -3.85. The number of aliphatic imine (C=N–C) groups is 1. The van der Waals surface area contributed by atoms with E-state index in [0.717, 1.165) is 19.3 Å². The molecular weight excluding hydrogens is 634 g/mol. The van der Waals surface area contributed by atoms with Crippen LogP contribution in [0.2, 0.25) is 0 Å². The largest absolute Gasteiger partial charge is 0.494 e. The predicted molar refractivity (Wildman–Crippen MR) is 180 cm³/mol. The molecular formula is C35H41N5O7S. The summed E-state index contributed by atoms with van der Waals surface area (Å²) in [6.07, 6.45) is 2.92. The Hall–Kier alpha value is -4.42. The monoisotopic (exact) mass is 675 g/mol. The van der Waals surface area contributed by atoms with Gasteiger partial charge in [0.25, 0.3) is 5.91 Å². The van der Waals surface area contributed by atoms with Crippen LogP contribution in [0.25, 0.3) is 10.4 Å². The van der Waals surface area contributed by atoms with Gasteiger partial charge in [0.05, 0.1) is 29.4 Å². The standard InChI is InChI=1S/C35H41N5O7S/c36-40-38-24-27-10-5-6-13-30(27)31-35(20-23-48(44,45)29-11-3-1-4-12-29,33(42)37-25-34(43)18-7-2-8-19-34)39-32(47-31)26-14-16-28(17-15-26)46-22-9-21-41/h1,3-6,10-17,31,41,43H,2,7-9,18-25H2,(H,37,42)/t31-,35-/m1/s1. The van der Waals surface area contributed by atoms with Crippen LogP contribution in [-0.4, -0.2) is 67.1 Å². The number of nitrogens with zero attached hydrogens (tertiary/aromatic N) is 4. The highest BCUT2D eigenvalue weighted by Crippen LogP contribution is 2.44. The van der Waals surface area contributed by atoms with Gasteiger partial charge in [0.15, 0.2) is 21.5 Å². The molecule has 12 nitrogen and oxygen atoms in total. The molecule has 48 heavy (non-hydrogen) atoms. The molecule has 1 aliphatic heterocycles. The third kappa shape index (κ3) is 8.16. The highest BCUT2D eigenvalue weighted by Gasteiger charge is 2.54. The fraction of sp³-hybridized carbons (Fsp3) is 0.429. The Morgan fingerprint density at radius 2 is 1.75 bits per heavy atom. The fourth-order valence-corrected chi connectivity index (χ4v) is 7.60. The number of nitrogens with one attached hydrogen (secondary N) is 1. The summed E-state index contributed by atoms with van der Waals surface area (Å²) in [7, 11) is -3.85. The van der Waals surface area contributed by atoms with Crippen LogP contribution < -0.4 is 10.1 Å². The minimum absolute atomic E-state index is 0.00676. The summed E-state index contributed by atoms with van der Waals surface area (Å²) in [6, 6.07) is 22.0. The quantitative estimate of drug-likeness (QED) is 0.0857. The zero-order valence-corrected chi connectivity index (χ0v) is 27.5. The third-order valence-electron chi connectivity index (χ3n) is 8.89. The molecule has 2 aliphatic rings. The van der Waals surface area contributed by atoms with Crippen molar-refractivity contribution in [3.8, 4) is 5.75 Å². The molecule has 3 N–H and O–H groups in total. The lowest BCUT2D eigenvalue weighted by molar-refractivity contribution is -0.130. The van der Waals surface area contributed by atoms with E-state index in [1.807, 2.05) is 0 Å². The lowest BCUT2D eigenvalue weighted by Crippen LogP contribution is -2.53. The molecule has 254 valence electrons. The average Bonchev–Trinajstić information content (AvgIpc) is 3.51. The first-order valence-electron chi connectivity index (χ1n) is 16.2. The molecule has 0 bridgehead atoms. The van der Waals surface area contributed by atoms with E-state index in [-0.39, 0.29) is 36.9 Å². The average molecular weight is 676 g/mol. The molecule has 1 heterocycles. The molecule has 0 saturated heterocycles. The summed E-state index contributed by atoms with van der Waals surface area (Å²) < 4.78 is 39.4. The van der Waals surface area contributed by atoms with E-state index in [4.69, 9.17) is 25.1 Å². The Kier molecular flexibility index (Phi) is 11.4. The van der Waals surface area contributed by atoms with Gasteiger partial charge in [-0.2, -0.15) is 0 Å². The van der Waals surface area contributed by atoms with Gasteiger partial charge in [-0.05, 0) is 65.9 Å². The lowest BCUT2D eigenvalue weighted by Gasteiger charge is -2.35. The summed E-state index contributed by atoms with van der Waals surface area (Å²) in [5.41, 5.74) is 7.88.